The first-order valence-electron chi connectivity index (χ1n) is 6.49. The third-order valence-corrected chi connectivity index (χ3v) is 2.93. The molecule has 0 aliphatic rings. The molecule has 0 fully saturated rings. The molecule has 0 N–H and O–H groups in total. The molecule has 2 nitrogen and oxygen atoms in total. The molecule has 0 spiro atoms. The second-order valence-electron chi connectivity index (χ2n) is 4.56. The predicted molar refractivity (Wildman–Crippen MR) is 74.2 cm³/mol. The van der Waals surface area contributed by atoms with Crippen LogP contribution < -0.4 is 0 Å². The Morgan fingerprint density at radius 3 is 2.26 bits per heavy atom. The van der Waals surface area contributed by atoms with Crippen molar-refractivity contribution < 1.29 is 26.8 Å². The summed E-state index contributed by atoms with van der Waals surface area (Å²) in [5, 5.41) is 3.37. The van der Waals surface area contributed by atoms with Gasteiger partial charge in [-0.2, -0.15) is 13.2 Å². The highest BCUT2D eigenvalue weighted by atomic mass is 19.4. The van der Waals surface area contributed by atoms with E-state index < -0.39 is 18.2 Å². The van der Waals surface area contributed by atoms with E-state index in [1.54, 1.807) is 0 Å². The van der Waals surface area contributed by atoms with Gasteiger partial charge in [-0.3, -0.25) is 0 Å². The Kier molecular flexibility index (Phi) is 5.31. The van der Waals surface area contributed by atoms with Gasteiger partial charge in [0.1, 0.15) is 12.8 Å². The summed E-state index contributed by atoms with van der Waals surface area (Å²) in [6, 6.07) is 10.2. The molecule has 0 aliphatic heterocycles. The van der Waals surface area contributed by atoms with Gasteiger partial charge in [-0.1, -0.05) is 47.6 Å². The standard InChI is InChI=1S/C16H11F5NO/c17-15(18)12-7-5-11(6-8-12)10-23-22-9-13-3-1-2-4-14(13)16(19,20)21/h1-8,15H,10H2. The van der Waals surface area contributed by atoms with Crippen molar-refractivity contribution in [3.05, 3.63) is 70.8 Å². The SMILES string of the molecule is FC(F)c1ccc(CO/N=[C]\c2ccccc2C(F)(F)F)cc1. The van der Waals surface area contributed by atoms with E-state index in [0.717, 1.165) is 6.07 Å². The average Bonchev–Trinajstić information content (AvgIpc) is 2.51. The molecule has 0 saturated heterocycles. The number of rotatable bonds is 5. The van der Waals surface area contributed by atoms with Crippen LogP contribution >= 0.6 is 0 Å². The van der Waals surface area contributed by atoms with E-state index in [1.165, 1.54) is 42.5 Å². The van der Waals surface area contributed by atoms with Crippen molar-refractivity contribution in [2.24, 2.45) is 5.16 Å². The number of halogens is 5. The van der Waals surface area contributed by atoms with E-state index in [4.69, 9.17) is 4.84 Å². The van der Waals surface area contributed by atoms with Crippen LogP contribution in [0.25, 0.3) is 0 Å². The summed E-state index contributed by atoms with van der Waals surface area (Å²) < 4.78 is 63.0. The molecular formula is C16H11F5NO. The fourth-order valence-corrected chi connectivity index (χ4v) is 1.78. The van der Waals surface area contributed by atoms with Crippen LogP contribution in [0.5, 0.6) is 0 Å². The highest BCUT2D eigenvalue weighted by Crippen LogP contribution is 2.31. The van der Waals surface area contributed by atoms with Gasteiger partial charge in [0.15, 0.2) is 0 Å². The van der Waals surface area contributed by atoms with Gasteiger partial charge in [0.2, 0.25) is 0 Å². The van der Waals surface area contributed by atoms with Gasteiger partial charge < -0.3 is 4.84 Å². The highest BCUT2D eigenvalue weighted by Gasteiger charge is 2.32. The minimum atomic E-state index is -4.51. The fourth-order valence-electron chi connectivity index (χ4n) is 1.78. The van der Waals surface area contributed by atoms with Crippen molar-refractivity contribution >= 4 is 6.21 Å². The summed E-state index contributed by atoms with van der Waals surface area (Å²) in [4.78, 5) is 4.85. The lowest BCUT2D eigenvalue weighted by atomic mass is 10.1. The molecule has 0 saturated carbocycles. The van der Waals surface area contributed by atoms with Crippen LogP contribution in [-0.2, 0) is 17.6 Å². The molecule has 7 heteroatoms. The monoisotopic (exact) mass is 328 g/mol. The minimum Gasteiger partial charge on any atom is -0.390 e. The normalized spacial score (nSPS) is 12.1. The number of hydrogen-bond donors (Lipinski definition) is 0. The van der Waals surface area contributed by atoms with Crippen molar-refractivity contribution in [2.45, 2.75) is 19.2 Å². The smallest absolute Gasteiger partial charge is 0.390 e. The molecular weight excluding hydrogens is 317 g/mol. The van der Waals surface area contributed by atoms with Crippen LogP contribution in [0, 0.1) is 0 Å². The molecule has 1 radical (unpaired) electrons. The van der Waals surface area contributed by atoms with Crippen molar-refractivity contribution in [1.29, 1.82) is 0 Å². The van der Waals surface area contributed by atoms with Gasteiger partial charge >= 0.3 is 6.18 Å². The molecule has 0 atom stereocenters. The third-order valence-electron chi connectivity index (χ3n) is 2.93. The molecule has 0 heterocycles. The summed E-state index contributed by atoms with van der Waals surface area (Å²) in [5.41, 5.74) is -0.673. The van der Waals surface area contributed by atoms with E-state index in [2.05, 4.69) is 11.4 Å². The summed E-state index contributed by atoms with van der Waals surface area (Å²) in [5.74, 6) is 0. The first-order valence-corrected chi connectivity index (χ1v) is 6.49. The van der Waals surface area contributed by atoms with Crippen molar-refractivity contribution in [3.63, 3.8) is 0 Å². The molecule has 0 aliphatic carbocycles. The summed E-state index contributed by atoms with van der Waals surface area (Å²) >= 11 is 0. The van der Waals surface area contributed by atoms with Gasteiger partial charge in [-0.15, -0.1) is 0 Å². The molecule has 2 aromatic rings. The first kappa shape index (κ1) is 16.9. The zero-order valence-electron chi connectivity index (χ0n) is 11.6. The van der Waals surface area contributed by atoms with E-state index in [9.17, 15) is 22.0 Å². The molecule has 121 valence electrons. The van der Waals surface area contributed by atoms with Gasteiger partial charge in [-0.25, -0.2) is 8.78 Å². The number of alkyl halides is 5. The topological polar surface area (TPSA) is 21.6 Å². The zero-order chi connectivity index (χ0) is 16.9. The van der Waals surface area contributed by atoms with Crippen LogP contribution in [0.4, 0.5) is 22.0 Å². The van der Waals surface area contributed by atoms with Crippen LogP contribution in [0.15, 0.2) is 53.7 Å². The third kappa shape index (κ3) is 4.77. The second-order valence-corrected chi connectivity index (χ2v) is 4.56. The predicted octanol–water partition coefficient (Wildman–Crippen LogP) is 5.07. The maximum atomic E-state index is 12.7. The maximum Gasteiger partial charge on any atom is 0.417 e. The molecule has 0 bridgehead atoms. The van der Waals surface area contributed by atoms with E-state index in [1.807, 2.05) is 0 Å². The summed E-state index contributed by atoms with van der Waals surface area (Å²) in [6.07, 6.45) is -4.89. The molecule has 0 unspecified atom stereocenters. The molecule has 0 aromatic heterocycles. The van der Waals surface area contributed by atoms with Gasteiger partial charge in [0.25, 0.3) is 6.43 Å². The lowest BCUT2D eigenvalue weighted by molar-refractivity contribution is -0.137. The summed E-state index contributed by atoms with van der Waals surface area (Å²) in [6.45, 7) is -0.0648. The highest BCUT2D eigenvalue weighted by molar-refractivity contribution is 5.81. The Morgan fingerprint density at radius 1 is 1.00 bits per heavy atom. The second kappa shape index (κ2) is 7.21. The van der Waals surface area contributed by atoms with E-state index >= 15 is 0 Å². The number of hydrogen-bond acceptors (Lipinski definition) is 2. The van der Waals surface area contributed by atoms with E-state index in [0.29, 0.717) is 5.56 Å². The Morgan fingerprint density at radius 2 is 1.65 bits per heavy atom. The van der Waals surface area contributed by atoms with Gasteiger partial charge in [0.05, 0.1) is 5.56 Å². The van der Waals surface area contributed by atoms with E-state index in [-0.39, 0.29) is 17.7 Å². The molecule has 23 heavy (non-hydrogen) atoms. The maximum absolute atomic E-state index is 12.7. The molecule has 2 rings (SSSR count). The summed E-state index contributed by atoms with van der Waals surface area (Å²) in [7, 11) is 0. The fraction of sp³-hybridized carbons (Fsp3) is 0.188. The lowest BCUT2D eigenvalue weighted by Gasteiger charge is -2.08. The van der Waals surface area contributed by atoms with Crippen LogP contribution in [0.1, 0.15) is 28.7 Å². The van der Waals surface area contributed by atoms with Gasteiger partial charge in [-0.05, 0) is 11.6 Å². The van der Waals surface area contributed by atoms with Crippen LogP contribution in [0.3, 0.4) is 0 Å². The minimum absolute atomic E-state index is 0.0648. The number of benzene rings is 2. The first-order chi connectivity index (χ1) is 10.9. The van der Waals surface area contributed by atoms with Crippen molar-refractivity contribution in [2.75, 3.05) is 0 Å². The Bertz CT molecular complexity index is 665. The van der Waals surface area contributed by atoms with Crippen LogP contribution in [0.2, 0.25) is 0 Å². The molecule has 0 amide bonds. The van der Waals surface area contributed by atoms with Gasteiger partial charge in [0, 0.05) is 11.1 Å². The Balaban J connectivity index is 1.98. The van der Waals surface area contributed by atoms with Crippen LogP contribution in [-0.4, -0.2) is 6.21 Å². The number of nitrogens with zero attached hydrogens (tertiary/aromatic N) is 1. The average molecular weight is 328 g/mol. The molecule has 2 aromatic carbocycles. The Labute approximate surface area is 129 Å². The quantitative estimate of drug-likeness (QED) is 0.426. The van der Waals surface area contributed by atoms with Crippen molar-refractivity contribution in [3.8, 4) is 0 Å². The zero-order valence-corrected chi connectivity index (χ0v) is 11.6. The largest absolute Gasteiger partial charge is 0.417 e. The van der Waals surface area contributed by atoms with Crippen molar-refractivity contribution in [1.82, 2.24) is 0 Å². The Hall–Kier alpha value is -2.44. The lowest BCUT2D eigenvalue weighted by Crippen LogP contribution is -2.08.